The van der Waals surface area contributed by atoms with Crippen LogP contribution in [0.2, 0.25) is 0 Å². The molecule has 1 saturated heterocycles. The van der Waals surface area contributed by atoms with Gasteiger partial charge in [-0.3, -0.25) is 14.2 Å². The molecule has 1 aliphatic heterocycles. The van der Waals surface area contributed by atoms with Gasteiger partial charge in [-0.1, -0.05) is 0 Å². The molecule has 2 amide bonds. The topological polar surface area (TPSA) is 101 Å². The van der Waals surface area contributed by atoms with Crippen LogP contribution in [-0.2, 0) is 10.0 Å². The van der Waals surface area contributed by atoms with E-state index in [2.05, 4.69) is 4.98 Å². The van der Waals surface area contributed by atoms with E-state index in [0.29, 0.717) is 5.56 Å². The maximum atomic E-state index is 12.5. The first kappa shape index (κ1) is 18.2. The first-order valence-electron chi connectivity index (χ1n) is 8.71. The molecule has 0 saturated carbocycles. The summed E-state index contributed by atoms with van der Waals surface area (Å²) >= 11 is 0. The Morgan fingerprint density at radius 1 is 1.04 bits per heavy atom. The lowest BCUT2D eigenvalue weighted by Gasteiger charge is -2.30. The Labute approximate surface area is 161 Å². The average Bonchev–Trinajstić information content (AvgIpc) is 3.02. The van der Waals surface area contributed by atoms with Gasteiger partial charge in [0.25, 0.3) is 11.8 Å². The van der Waals surface area contributed by atoms with Crippen molar-refractivity contribution in [3.05, 3.63) is 59.9 Å². The van der Waals surface area contributed by atoms with Crippen LogP contribution in [0.3, 0.4) is 0 Å². The smallest absolute Gasteiger partial charge is 0.264 e. The largest absolute Gasteiger partial charge is 0.339 e. The minimum Gasteiger partial charge on any atom is -0.339 e. The third kappa shape index (κ3) is 3.48. The van der Waals surface area contributed by atoms with E-state index in [1.54, 1.807) is 29.4 Å². The van der Waals surface area contributed by atoms with Crippen molar-refractivity contribution in [1.29, 1.82) is 0 Å². The number of likely N-dealkylation sites (tertiary alicyclic amines) is 1. The fourth-order valence-corrected chi connectivity index (χ4v) is 3.50. The van der Waals surface area contributed by atoms with Crippen LogP contribution in [0, 0.1) is 0 Å². The number of nitrogens with zero attached hydrogens (tertiary/aromatic N) is 3. The molecule has 0 unspecified atom stereocenters. The van der Waals surface area contributed by atoms with E-state index in [9.17, 15) is 18.0 Å². The third-order valence-corrected chi connectivity index (χ3v) is 5.18. The highest BCUT2D eigenvalue weighted by Crippen LogP contribution is 2.22. The number of hydrogen-bond donors (Lipinski definition) is 1. The molecule has 1 aliphatic rings. The van der Waals surface area contributed by atoms with Crippen molar-refractivity contribution in [1.82, 2.24) is 19.2 Å². The van der Waals surface area contributed by atoms with Gasteiger partial charge in [0.2, 0.25) is 10.0 Å². The summed E-state index contributed by atoms with van der Waals surface area (Å²) in [7, 11) is -3.62. The van der Waals surface area contributed by atoms with E-state index in [4.69, 9.17) is 0 Å². The molecule has 8 nitrogen and oxygen atoms in total. The van der Waals surface area contributed by atoms with Crippen molar-refractivity contribution >= 4 is 32.9 Å². The Balaban J connectivity index is 1.65. The van der Waals surface area contributed by atoms with Crippen molar-refractivity contribution in [2.75, 3.05) is 19.3 Å². The van der Waals surface area contributed by atoms with Crippen LogP contribution in [0.25, 0.3) is 16.7 Å². The number of fused-ring (bicyclic) bond motifs is 1. The number of amides is 2. The van der Waals surface area contributed by atoms with Crippen LogP contribution in [0.4, 0.5) is 0 Å². The van der Waals surface area contributed by atoms with Gasteiger partial charge in [-0.2, -0.15) is 0 Å². The Morgan fingerprint density at radius 2 is 1.71 bits per heavy atom. The normalized spacial score (nSPS) is 14.0. The van der Waals surface area contributed by atoms with Gasteiger partial charge in [-0.25, -0.2) is 18.1 Å². The van der Waals surface area contributed by atoms with Gasteiger partial charge in [0.1, 0.15) is 6.33 Å². The summed E-state index contributed by atoms with van der Waals surface area (Å²) in [6.45, 7) is 1.57. The van der Waals surface area contributed by atoms with E-state index < -0.39 is 15.9 Å². The molecule has 2 aromatic carbocycles. The summed E-state index contributed by atoms with van der Waals surface area (Å²) in [6.07, 6.45) is 3.61. The molecule has 144 valence electrons. The second-order valence-electron chi connectivity index (χ2n) is 6.71. The summed E-state index contributed by atoms with van der Waals surface area (Å²) < 4.78 is 26.2. The highest BCUT2D eigenvalue weighted by atomic mass is 32.2. The summed E-state index contributed by atoms with van der Waals surface area (Å²) in [5.74, 6) is -0.680. The zero-order valence-corrected chi connectivity index (χ0v) is 15.9. The number of aromatic nitrogens is 2. The zero-order chi connectivity index (χ0) is 19.9. The Morgan fingerprint density at radius 3 is 2.32 bits per heavy atom. The van der Waals surface area contributed by atoms with Crippen LogP contribution in [0.1, 0.15) is 27.1 Å². The molecular weight excluding hydrogens is 380 g/mol. The van der Waals surface area contributed by atoms with E-state index in [0.717, 1.165) is 42.5 Å². The second kappa shape index (κ2) is 6.75. The van der Waals surface area contributed by atoms with Gasteiger partial charge in [-0.05, 0) is 48.9 Å². The quantitative estimate of drug-likeness (QED) is 0.719. The molecule has 9 heteroatoms. The number of rotatable bonds is 4. The van der Waals surface area contributed by atoms with Crippen LogP contribution in [0.15, 0.2) is 48.8 Å². The molecule has 2 heterocycles. The number of hydrogen-bond acceptors (Lipinski definition) is 5. The predicted molar refractivity (Wildman–Crippen MR) is 104 cm³/mol. The number of carbonyl (C=O) groups excluding carboxylic acids is 2. The van der Waals surface area contributed by atoms with Gasteiger partial charge >= 0.3 is 0 Å². The molecule has 1 fully saturated rings. The molecular formula is C19H18N4O4S. The van der Waals surface area contributed by atoms with Gasteiger partial charge in [0.15, 0.2) is 0 Å². The lowest BCUT2D eigenvalue weighted by Crippen LogP contribution is -2.41. The van der Waals surface area contributed by atoms with Gasteiger partial charge in [0, 0.05) is 29.9 Å². The molecule has 0 radical (unpaired) electrons. The average molecular weight is 398 g/mol. The number of nitrogens with one attached hydrogen (secondary N) is 1. The fourth-order valence-electron chi connectivity index (χ4n) is 3.05. The van der Waals surface area contributed by atoms with Gasteiger partial charge in [-0.15, -0.1) is 0 Å². The van der Waals surface area contributed by atoms with E-state index in [-0.39, 0.29) is 11.5 Å². The van der Waals surface area contributed by atoms with E-state index >= 15 is 0 Å². The zero-order valence-electron chi connectivity index (χ0n) is 15.1. The van der Waals surface area contributed by atoms with Crippen molar-refractivity contribution in [3.8, 4) is 5.69 Å². The first-order valence-corrected chi connectivity index (χ1v) is 10.6. The lowest BCUT2D eigenvalue weighted by molar-refractivity contribution is 0.0652. The minimum atomic E-state index is -3.62. The molecule has 3 aromatic rings. The maximum absolute atomic E-state index is 12.5. The van der Waals surface area contributed by atoms with Crippen molar-refractivity contribution in [3.63, 3.8) is 0 Å². The SMILES string of the molecule is CS(=O)(=O)NC(=O)c1ccc(-n2cnc3ccc(C(=O)N4CCC4)cc32)cc1. The summed E-state index contributed by atoms with van der Waals surface area (Å²) in [4.78, 5) is 30.6. The highest BCUT2D eigenvalue weighted by Gasteiger charge is 2.22. The molecule has 0 spiro atoms. The molecule has 4 rings (SSSR count). The molecule has 28 heavy (non-hydrogen) atoms. The Hall–Kier alpha value is -3.20. The number of sulfonamides is 1. The second-order valence-corrected chi connectivity index (χ2v) is 8.46. The Bertz CT molecular complexity index is 1180. The monoisotopic (exact) mass is 398 g/mol. The maximum Gasteiger partial charge on any atom is 0.264 e. The van der Waals surface area contributed by atoms with Crippen molar-refractivity contribution < 1.29 is 18.0 Å². The van der Waals surface area contributed by atoms with Crippen molar-refractivity contribution in [2.24, 2.45) is 0 Å². The van der Waals surface area contributed by atoms with Crippen LogP contribution < -0.4 is 4.72 Å². The molecule has 1 N–H and O–H groups in total. The minimum absolute atomic E-state index is 0.00805. The summed E-state index contributed by atoms with van der Waals surface area (Å²) in [5, 5.41) is 0. The van der Waals surface area contributed by atoms with Crippen LogP contribution in [0.5, 0.6) is 0 Å². The van der Waals surface area contributed by atoms with Crippen molar-refractivity contribution in [2.45, 2.75) is 6.42 Å². The lowest BCUT2D eigenvalue weighted by atomic mass is 10.1. The molecule has 0 atom stereocenters. The number of carbonyl (C=O) groups is 2. The first-order chi connectivity index (χ1) is 13.3. The Kier molecular flexibility index (Phi) is 4.38. The van der Waals surface area contributed by atoms with Crippen LogP contribution >= 0.6 is 0 Å². The van der Waals surface area contributed by atoms with E-state index in [1.807, 2.05) is 21.4 Å². The third-order valence-electron chi connectivity index (χ3n) is 4.62. The number of benzene rings is 2. The standard InChI is InChI=1S/C19H18N4O4S/c1-28(26,27)21-18(24)13-3-6-15(7-4-13)23-12-20-16-8-5-14(11-17(16)23)19(25)22-9-2-10-22/h3-8,11-12H,2,9-10H2,1H3,(H,21,24). The molecule has 0 aliphatic carbocycles. The molecule has 0 bridgehead atoms. The van der Waals surface area contributed by atoms with Crippen LogP contribution in [-0.4, -0.2) is 54.0 Å². The fraction of sp³-hybridized carbons (Fsp3) is 0.211. The van der Waals surface area contributed by atoms with Gasteiger partial charge < -0.3 is 4.90 Å². The van der Waals surface area contributed by atoms with Gasteiger partial charge in [0.05, 0.1) is 17.3 Å². The highest BCUT2D eigenvalue weighted by molar-refractivity contribution is 7.89. The molecule has 1 aromatic heterocycles. The summed E-state index contributed by atoms with van der Waals surface area (Å²) in [5.41, 5.74) is 3.11. The predicted octanol–water partition coefficient (Wildman–Crippen LogP) is 1.56. The number of imidazole rings is 1. The van der Waals surface area contributed by atoms with E-state index in [1.165, 1.54) is 12.1 Å². The summed E-state index contributed by atoms with van der Waals surface area (Å²) in [6, 6.07) is 11.9.